The zero-order chi connectivity index (χ0) is 15.0. The van der Waals surface area contributed by atoms with Crippen LogP contribution in [0.3, 0.4) is 0 Å². The van der Waals surface area contributed by atoms with E-state index in [2.05, 4.69) is 10.3 Å². The van der Waals surface area contributed by atoms with Gasteiger partial charge in [0.1, 0.15) is 0 Å². The summed E-state index contributed by atoms with van der Waals surface area (Å²) in [5, 5.41) is 3.99. The van der Waals surface area contributed by atoms with Crippen molar-refractivity contribution in [3.8, 4) is 0 Å². The standard InChI is InChI=1S/C15H12ClN3OS/c1-8-2-4-10(17)7-11(8)14(20)19-15-18-12-5-3-9(16)6-13(12)21-15/h2-7H,17H2,1H3,(H,18,19,20). The van der Waals surface area contributed by atoms with Crippen molar-refractivity contribution < 1.29 is 4.79 Å². The van der Waals surface area contributed by atoms with Crippen LogP contribution in [0.2, 0.25) is 5.02 Å². The Kier molecular flexibility index (Phi) is 3.53. The zero-order valence-corrected chi connectivity index (χ0v) is 12.8. The van der Waals surface area contributed by atoms with Gasteiger partial charge >= 0.3 is 0 Å². The van der Waals surface area contributed by atoms with Gasteiger partial charge in [-0.1, -0.05) is 29.0 Å². The third-order valence-electron chi connectivity index (χ3n) is 3.08. The fraction of sp³-hybridized carbons (Fsp3) is 0.0667. The molecule has 0 spiro atoms. The summed E-state index contributed by atoms with van der Waals surface area (Å²) in [6.45, 7) is 1.87. The van der Waals surface area contributed by atoms with E-state index in [-0.39, 0.29) is 5.91 Å². The van der Waals surface area contributed by atoms with E-state index in [0.29, 0.717) is 21.4 Å². The average Bonchev–Trinajstić information content (AvgIpc) is 2.82. The van der Waals surface area contributed by atoms with E-state index < -0.39 is 0 Å². The Morgan fingerprint density at radius 1 is 1.29 bits per heavy atom. The summed E-state index contributed by atoms with van der Waals surface area (Å²) in [6, 6.07) is 10.7. The van der Waals surface area contributed by atoms with E-state index in [4.69, 9.17) is 17.3 Å². The second-order valence-electron chi connectivity index (χ2n) is 4.66. The largest absolute Gasteiger partial charge is 0.399 e. The van der Waals surface area contributed by atoms with E-state index in [1.165, 1.54) is 11.3 Å². The molecular formula is C15H12ClN3OS. The molecule has 0 unspecified atom stereocenters. The number of carbonyl (C=O) groups excluding carboxylic acids is 1. The van der Waals surface area contributed by atoms with Crippen LogP contribution in [0.4, 0.5) is 10.8 Å². The van der Waals surface area contributed by atoms with Crippen LogP contribution in [0.1, 0.15) is 15.9 Å². The molecule has 0 atom stereocenters. The maximum atomic E-state index is 12.3. The number of aromatic nitrogens is 1. The quantitative estimate of drug-likeness (QED) is 0.699. The summed E-state index contributed by atoms with van der Waals surface area (Å²) < 4.78 is 0.932. The lowest BCUT2D eigenvalue weighted by atomic mass is 10.1. The molecule has 0 aliphatic rings. The van der Waals surface area contributed by atoms with Crippen LogP contribution in [0.15, 0.2) is 36.4 Å². The maximum absolute atomic E-state index is 12.3. The van der Waals surface area contributed by atoms with Crippen LogP contribution >= 0.6 is 22.9 Å². The van der Waals surface area contributed by atoms with Gasteiger partial charge in [0, 0.05) is 16.3 Å². The SMILES string of the molecule is Cc1ccc(N)cc1C(=O)Nc1nc2ccc(Cl)cc2s1. The number of nitrogen functional groups attached to an aromatic ring is 1. The van der Waals surface area contributed by atoms with Crippen LogP contribution in [0, 0.1) is 6.92 Å². The smallest absolute Gasteiger partial charge is 0.257 e. The molecular weight excluding hydrogens is 306 g/mol. The molecule has 0 bridgehead atoms. The summed E-state index contributed by atoms with van der Waals surface area (Å²) >= 11 is 7.33. The van der Waals surface area contributed by atoms with Crippen molar-refractivity contribution in [2.45, 2.75) is 6.92 Å². The minimum absolute atomic E-state index is 0.218. The first-order chi connectivity index (χ1) is 10.0. The topological polar surface area (TPSA) is 68.0 Å². The molecule has 21 heavy (non-hydrogen) atoms. The van der Waals surface area contributed by atoms with Gasteiger partial charge in [-0.05, 0) is 42.8 Å². The molecule has 0 aliphatic heterocycles. The van der Waals surface area contributed by atoms with Crippen molar-refractivity contribution >= 4 is 49.9 Å². The van der Waals surface area contributed by atoms with E-state index in [1.54, 1.807) is 18.2 Å². The number of anilines is 2. The molecule has 4 nitrogen and oxygen atoms in total. The number of amides is 1. The molecule has 2 aromatic carbocycles. The molecule has 0 radical (unpaired) electrons. The molecule has 1 heterocycles. The van der Waals surface area contributed by atoms with Gasteiger partial charge in [0.2, 0.25) is 0 Å². The number of hydrogen-bond donors (Lipinski definition) is 2. The van der Waals surface area contributed by atoms with Gasteiger partial charge < -0.3 is 5.73 Å². The summed E-state index contributed by atoms with van der Waals surface area (Å²) in [5.74, 6) is -0.218. The van der Waals surface area contributed by atoms with Gasteiger partial charge in [0.25, 0.3) is 5.91 Å². The summed E-state index contributed by atoms with van der Waals surface area (Å²) in [5.41, 5.74) is 8.51. The van der Waals surface area contributed by atoms with E-state index in [9.17, 15) is 4.79 Å². The monoisotopic (exact) mass is 317 g/mol. The third kappa shape index (κ3) is 2.84. The molecule has 0 saturated carbocycles. The molecule has 106 valence electrons. The van der Waals surface area contributed by atoms with Crippen molar-refractivity contribution in [3.05, 3.63) is 52.5 Å². The van der Waals surface area contributed by atoms with Crippen molar-refractivity contribution in [1.82, 2.24) is 4.98 Å². The molecule has 0 saturated heterocycles. The Morgan fingerprint density at radius 2 is 2.10 bits per heavy atom. The van der Waals surface area contributed by atoms with Crippen LogP contribution in [-0.2, 0) is 0 Å². The van der Waals surface area contributed by atoms with Crippen LogP contribution in [0.5, 0.6) is 0 Å². The fourth-order valence-corrected chi connectivity index (χ4v) is 3.14. The molecule has 1 amide bonds. The molecule has 1 aromatic heterocycles. The molecule has 6 heteroatoms. The Morgan fingerprint density at radius 3 is 2.90 bits per heavy atom. The molecule has 0 fully saturated rings. The highest BCUT2D eigenvalue weighted by Crippen LogP contribution is 2.28. The second kappa shape index (κ2) is 5.35. The van der Waals surface area contributed by atoms with Crippen molar-refractivity contribution in [2.24, 2.45) is 0 Å². The molecule has 3 aromatic rings. The summed E-state index contributed by atoms with van der Waals surface area (Å²) in [4.78, 5) is 16.7. The number of nitrogens with two attached hydrogens (primary N) is 1. The molecule has 3 N–H and O–H groups in total. The number of fused-ring (bicyclic) bond motifs is 1. The predicted octanol–water partition coefficient (Wildman–Crippen LogP) is 4.09. The lowest BCUT2D eigenvalue weighted by Gasteiger charge is -2.06. The highest BCUT2D eigenvalue weighted by atomic mass is 35.5. The van der Waals surface area contributed by atoms with Gasteiger partial charge in [-0.15, -0.1) is 0 Å². The predicted molar refractivity (Wildman–Crippen MR) is 88.2 cm³/mol. The third-order valence-corrected chi connectivity index (χ3v) is 4.25. The lowest BCUT2D eigenvalue weighted by molar-refractivity contribution is 0.102. The van der Waals surface area contributed by atoms with Gasteiger partial charge in [-0.2, -0.15) is 0 Å². The van der Waals surface area contributed by atoms with Gasteiger partial charge in [0.15, 0.2) is 5.13 Å². The second-order valence-corrected chi connectivity index (χ2v) is 6.13. The number of hydrogen-bond acceptors (Lipinski definition) is 4. The highest BCUT2D eigenvalue weighted by Gasteiger charge is 2.12. The first-order valence-corrected chi connectivity index (χ1v) is 7.46. The van der Waals surface area contributed by atoms with E-state index in [1.807, 2.05) is 25.1 Å². The maximum Gasteiger partial charge on any atom is 0.257 e. The normalized spacial score (nSPS) is 10.8. The minimum atomic E-state index is -0.218. The van der Waals surface area contributed by atoms with Crippen molar-refractivity contribution in [3.63, 3.8) is 0 Å². The van der Waals surface area contributed by atoms with E-state index in [0.717, 1.165) is 15.8 Å². The Labute approximate surface area is 130 Å². The first kappa shape index (κ1) is 13.9. The number of rotatable bonds is 2. The van der Waals surface area contributed by atoms with E-state index >= 15 is 0 Å². The Hall–Kier alpha value is -2.11. The average molecular weight is 318 g/mol. The van der Waals surface area contributed by atoms with Crippen molar-refractivity contribution in [1.29, 1.82) is 0 Å². The number of carbonyl (C=O) groups is 1. The lowest BCUT2D eigenvalue weighted by Crippen LogP contribution is -2.13. The van der Waals surface area contributed by atoms with Gasteiger partial charge in [-0.25, -0.2) is 4.98 Å². The zero-order valence-electron chi connectivity index (χ0n) is 11.2. The number of benzene rings is 2. The number of nitrogens with zero attached hydrogens (tertiary/aromatic N) is 1. The minimum Gasteiger partial charge on any atom is -0.399 e. The summed E-state index contributed by atoms with van der Waals surface area (Å²) in [6.07, 6.45) is 0. The van der Waals surface area contributed by atoms with Crippen LogP contribution in [-0.4, -0.2) is 10.9 Å². The van der Waals surface area contributed by atoms with Gasteiger partial charge in [0.05, 0.1) is 10.2 Å². The number of nitrogens with one attached hydrogen (secondary N) is 1. The number of halogens is 1. The number of aryl methyl sites for hydroxylation is 1. The Balaban J connectivity index is 1.90. The van der Waals surface area contributed by atoms with Crippen LogP contribution in [0.25, 0.3) is 10.2 Å². The first-order valence-electron chi connectivity index (χ1n) is 6.26. The van der Waals surface area contributed by atoms with Crippen LogP contribution < -0.4 is 11.1 Å². The highest BCUT2D eigenvalue weighted by molar-refractivity contribution is 7.22. The van der Waals surface area contributed by atoms with Gasteiger partial charge in [-0.3, -0.25) is 10.1 Å². The summed E-state index contributed by atoms with van der Waals surface area (Å²) in [7, 11) is 0. The van der Waals surface area contributed by atoms with Crippen molar-refractivity contribution in [2.75, 3.05) is 11.1 Å². The number of thiazole rings is 1. The molecule has 0 aliphatic carbocycles. The Bertz CT molecular complexity index is 844. The molecule has 3 rings (SSSR count). The fourth-order valence-electron chi connectivity index (χ4n) is 2.00.